The van der Waals surface area contributed by atoms with Crippen LogP contribution in [0.5, 0.6) is 0 Å². The molecular formula is C21H24N2O4. The van der Waals surface area contributed by atoms with E-state index in [1.807, 2.05) is 12.1 Å². The van der Waals surface area contributed by atoms with Crippen molar-refractivity contribution in [3.8, 4) is 6.07 Å². The molecule has 4 saturated carbocycles. The van der Waals surface area contributed by atoms with Crippen LogP contribution in [0.1, 0.15) is 38.5 Å². The van der Waals surface area contributed by atoms with E-state index in [2.05, 4.69) is 0 Å². The third-order valence-electron chi connectivity index (χ3n) is 6.39. The summed E-state index contributed by atoms with van der Waals surface area (Å²) in [6.45, 7) is -0.486. The molecule has 0 radical (unpaired) electrons. The van der Waals surface area contributed by atoms with Crippen LogP contribution in [0.4, 0.5) is 5.69 Å². The second-order valence-electron chi connectivity index (χ2n) is 8.52. The number of benzene rings is 1. The zero-order valence-corrected chi connectivity index (χ0v) is 15.3. The Kier molecular flexibility index (Phi) is 4.43. The van der Waals surface area contributed by atoms with Crippen molar-refractivity contribution in [3.05, 3.63) is 30.3 Å². The number of para-hydroxylation sites is 1. The summed E-state index contributed by atoms with van der Waals surface area (Å²) in [7, 11) is 0. The number of aliphatic hydroxyl groups is 1. The molecule has 27 heavy (non-hydrogen) atoms. The molecule has 1 aromatic carbocycles. The molecule has 0 aliphatic heterocycles. The summed E-state index contributed by atoms with van der Waals surface area (Å²) < 4.78 is 5.43. The van der Waals surface area contributed by atoms with Gasteiger partial charge in [-0.2, -0.15) is 5.26 Å². The highest BCUT2D eigenvalue weighted by molar-refractivity contribution is 5.95. The summed E-state index contributed by atoms with van der Waals surface area (Å²) in [4.78, 5) is 26.8. The number of carbonyl (C=O) groups is 2. The Morgan fingerprint density at radius 2 is 1.85 bits per heavy atom. The molecule has 1 N–H and O–H groups in total. The van der Waals surface area contributed by atoms with Gasteiger partial charge in [-0.1, -0.05) is 18.2 Å². The van der Waals surface area contributed by atoms with Crippen LogP contribution >= 0.6 is 0 Å². The fraction of sp³-hybridized carbons (Fsp3) is 0.571. The van der Waals surface area contributed by atoms with Crippen LogP contribution < -0.4 is 4.90 Å². The van der Waals surface area contributed by atoms with E-state index < -0.39 is 16.9 Å². The van der Waals surface area contributed by atoms with Gasteiger partial charge in [0.2, 0.25) is 0 Å². The minimum atomic E-state index is -0.746. The third kappa shape index (κ3) is 3.32. The fourth-order valence-corrected chi connectivity index (χ4v) is 5.81. The Morgan fingerprint density at radius 1 is 1.19 bits per heavy atom. The molecular weight excluding hydrogens is 344 g/mol. The zero-order valence-electron chi connectivity index (χ0n) is 15.3. The van der Waals surface area contributed by atoms with E-state index in [0.717, 1.165) is 32.1 Å². The number of nitriles is 1. The third-order valence-corrected chi connectivity index (χ3v) is 6.39. The van der Waals surface area contributed by atoms with Crippen LogP contribution in [-0.2, 0) is 14.3 Å². The van der Waals surface area contributed by atoms with Gasteiger partial charge < -0.3 is 9.84 Å². The van der Waals surface area contributed by atoms with Gasteiger partial charge in [0, 0.05) is 5.69 Å². The molecule has 4 atom stereocenters. The fourth-order valence-electron chi connectivity index (χ4n) is 5.81. The van der Waals surface area contributed by atoms with Crippen LogP contribution in [0.3, 0.4) is 0 Å². The zero-order chi connectivity index (χ0) is 19.1. The van der Waals surface area contributed by atoms with E-state index in [1.165, 1.54) is 4.90 Å². The highest BCUT2D eigenvalue weighted by Gasteiger charge is 2.60. The van der Waals surface area contributed by atoms with Crippen molar-refractivity contribution in [3.63, 3.8) is 0 Å². The standard InChI is InChI=1S/C21H24N2O4/c22-6-7-23(17-4-2-1-3-5-17)18(24)13-27-19(25)20-9-15-8-16(10-20)12-21(26,11-15)14-20/h1-5,15-16,26H,7-14H2/t15-,16+,20?,21?. The Bertz CT molecular complexity index is 771. The SMILES string of the molecule is N#CCN(C(=O)COC(=O)C12C[C@@H]3C[C@@H](CC(O)(C3)C1)C2)c1ccccc1. The number of rotatable bonds is 5. The molecule has 5 rings (SSSR count). The highest BCUT2D eigenvalue weighted by Crippen LogP contribution is 2.61. The van der Waals surface area contributed by atoms with Gasteiger partial charge >= 0.3 is 5.97 Å². The van der Waals surface area contributed by atoms with Gasteiger partial charge in [0.1, 0.15) is 6.54 Å². The van der Waals surface area contributed by atoms with Crippen LogP contribution in [0.25, 0.3) is 0 Å². The molecule has 4 aliphatic rings. The maximum atomic E-state index is 12.9. The van der Waals surface area contributed by atoms with Crippen molar-refractivity contribution in [1.82, 2.24) is 0 Å². The van der Waals surface area contributed by atoms with Gasteiger partial charge in [-0.3, -0.25) is 14.5 Å². The second-order valence-corrected chi connectivity index (χ2v) is 8.52. The first kappa shape index (κ1) is 18.0. The molecule has 1 amide bonds. The van der Waals surface area contributed by atoms with Crippen LogP contribution in [0.2, 0.25) is 0 Å². The van der Waals surface area contributed by atoms with Gasteiger partial charge in [0.15, 0.2) is 6.61 Å². The van der Waals surface area contributed by atoms with Gasteiger partial charge in [0.25, 0.3) is 5.91 Å². The number of carbonyl (C=O) groups excluding carboxylic acids is 2. The minimum Gasteiger partial charge on any atom is -0.455 e. The number of anilines is 1. The van der Waals surface area contributed by atoms with E-state index >= 15 is 0 Å². The quantitative estimate of drug-likeness (QED) is 0.637. The maximum absolute atomic E-state index is 12.9. The molecule has 1 aromatic rings. The Balaban J connectivity index is 1.43. The van der Waals surface area contributed by atoms with Crippen LogP contribution in [0, 0.1) is 28.6 Å². The molecule has 0 heterocycles. The van der Waals surface area contributed by atoms with Gasteiger partial charge in [-0.05, 0) is 62.5 Å². The molecule has 4 bridgehead atoms. The molecule has 4 aliphatic carbocycles. The van der Waals surface area contributed by atoms with Crippen molar-refractivity contribution in [2.24, 2.45) is 17.3 Å². The number of nitrogens with zero attached hydrogens (tertiary/aromatic N) is 2. The number of hydrogen-bond donors (Lipinski definition) is 1. The van der Waals surface area contributed by atoms with Gasteiger partial charge in [-0.15, -0.1) is 0 Å². The topological polar surface area (TPSA) is 90.6 Å². The van der Waals surface area contributed by atoms with E-state index in [-0.39, 0.29) is 19.1 Å². The van der Waals surface area contributed by atoms with E-state index in [0.29, 0.717) is 23.9 Å². The number of esters is 1. The number of hydrogen-bond acceptors (Lipinski definition) is 5. The summed E-state index contributed by atoms with van der Waals surface area (Å²) >= 11 is 0. The van der Waals surface area contributed by atoms with Crippen molar-refractivity contribution >= 4 is 17.6 Å². The largest absolute Gasteiger partial charge is 0.455 e. The van der Waals surface area contributed by atoms with Crippen molar-refractivity contribution in [1.29, 1.82) is 5.26 Å². The monoisotopic (exact) mass is 368 g/mol. The van der Waals surface area contributed by atoms with Gasteiger partial charge in [-0.25, -0.2) is 0 Å². The smallest absolute Gasteiger partial charge is 0.312 e. The first-order valence-electron chi connectivity index (χ1n) is 9.55. The van der Waals surface area contributed by atoms with Crippen LogP contribution in [0.15, 0.2) is 30.3 Å². The minimum absolute atomic E-state index is 0.102. The molecule has 6 nitrogen and oxygen atoms in total. The Hall–Kier alpha value is -2.39. The lowest BCUT2D eigenvalue weighted by Gasteiger charge is -2.58. The first-order chi connectivity index (χ1) is 12.9. The maximum Gasteiger partial charge on any atom is 0.312 e. The average Bonchev–Trinajstić information content (AvgIpc) is 2.62. The van der Waals surface area contributed by atoms with E-state index in [4.69, 9.17) is 10.00 Å². The normalized spacial score (nSPS) is 33.3. The average molecular weight is 368 g/mol. The van der Waals surface area contributed by atoms with E-state index in [1.54, 1.807) is 24.3 Å². The summed E-state index contributed by atoms with van der Waals surface area (Å²) in [6, 6.07) is 10.9. The van der Waals surface area contributed by atoms with Crippen LogP contribution in [-0.4, -0.2) is 35.7 Å². The highest BCUT2D eigenvalue weighted by atomic mass is 16.5. The Morgan fingerprint density at radius 3 is 2.44 bits per heavy atom. The molecule has 0 spiro atoms. The summed E-state index contributed by atoms with van der Waals surface area (Å²) in [5.74, 6) is -0.0364. The molecule has 0 aromatic heterocycles. The Labute approximate surface area is 158 Å². The van der Waals surface area contributed by atoms with Gasteiger partial charge in [0.05, 0.1) is 17.1 Å². The predicted octanol–water partition coefficient (Wildman–Crippen LogP) is 2.42. The lowest BCUT2D eigenvalue weighted by atomic mass is 9.48. The molecule has 2 unspecified atom stereocenters. The summed E-state index contributed by atoms with van der Waals surface area (Å²) in [5.41, 5.74) is -0.792. The van der Waals surface area contributed by atoms with Crippen molar-refractivity contribution in [2.75, 3.05) is 18.1 Å². The lowest BCUT2D eigenvalue weighted by molar-refractivity contribution is -0.196. The molecule has 6 heteroatoms. The lowest BCUT2D eigenvalue weighted by Crippen LogP contribution is -2.58. The molecule has 0 saturated heterocycles. The summed E-state index contributed by atoms with van der Waals surface area (Å²) in [6.07, 6.45) is 4.59. The van der Waals surface area contributed by atoms with Crippen molar-refractivity contribution < 1.29 is 19.4 Å². The molecule has 142 valence electrons. The first-order valence-corrected chi connectivity index (χ1v) is 9.55. The predicted molar refractivity (Wildman–Crippen MR) is 97.4 cm³/mol. The van der Waals surface area contributed by atoms with E-state index in [9.17, 15) is 14.7 Å². The van der Waals surface area contributed by atoms with Crippen molar-refractivity contribution in [2.45, 2.75) is 44.1 Å². The number of ether oxygens (including phenoxy) is 1. The molecule has 4 fully saturated rings. The second kappa shape index (κ2) is 6.65. The number of amides is 1. The summed E-state index contributed by atoms with van der Waals surface area (Å²) in [5, 5.41) is 19.8.